The number of nitrogens with one attached hydrogen (secondary N) is 1. The zero-order valence-corrected chi connectivity index (χ0v) is 13.4. The minimum atomic E-state index is -0.474. The van der Waals surface area contributed by atoms with Crippen molar-refractivity contribution < 1.29 is 18.7 Å². The first-order valence-corrected chi connectivity index (χ1v) is 7.48. The van der Waals surface area contributed by atoms with Crippen molar-refractivity contribution in [3.63, 3.8) is 0 Å². The SMILES string of the molecule is N#C/C(=C\c1cc(Br)c2c(c1)OCO2)C(=O)NCc1ccco1. The third-order valence-corrected chi connectivity index (χ3v) is 3.72. The summed E-state index contributed by atoms with van der Waals surface area (Å²) in [6, 6.07) is 8.84. The van der Waals surface area contributed by atoms with Crippen LogP contribution in [0.2, 0.25) is 0 Å². The number of amides is 1. The number of rotatable bonds is 4. The largest absolute Gasteiger partial charge is 0.467 e. The number of benzene rings is 1. The third-order valence-electron chi connectivity index (χ3n) is 3.13. The number of ether oxygens (including phenoxy) is 2. The van der Waals surface area contributed by atoms with E-state index in [1.54, 1.807) is 24.3 Å². The van der Waals surface area contributed by atoms with Crippen molar-refractivity contribution >= 4 is 27.9 Å². The van der Waals surface area contributed by atoms with Gasteiger partial charge in [0.05, 0.1) is 17.3 Å². The quantitative estimate of drug-likeness (QED) is 0.656. The molecule has 0 bridgehead atoms. The highest BCUT2D eigenvalue weighted by atomic mass is 79.9. The Bertz CT molecular complexity index is 806. The van der Waals surface area contributed by atoms with E-state index >= 15 is 0 Å². The lowest BCUT2D eigenvalue weighted by atomic mass is 10.1. The first-order chi connectivity index (χ1) is 11.2. The van der Waals surface area contributed by atoms with Gasteiger partial charge >= 0.3 is 0 Å². The Morgan fingerprint density at radius 3 is 3.04 bits per heavy atom. The van der Waals surface area contributed by atoms with E-state index in [9.17, 15) is 10.1 Å². The molecule has 1 amide bonds. The highest BCUT2D eigenvalue weighted by molar-refractivity contribution is 9.10. The second kappa shape index (κ2) is 6.58. The van der Waals surface area contributed by atoms with Crippen molar-refractivity contribution in [2.75, 3.05) is 6.79 Å². The molecule has 1 aromatic heterocycles. The summed E-state index contributed by atoms with van der Waals surface area (Å²) in [7, 11) is 0. The molecule has 1 N–H and O–H groups in total. The Kier molecular flexibility index (Phi) is 4.35. The van der Waals surface area contributed by atoms with E-state index in [1.165, 1.54) is 12.3 Å². The Balaban J connectivity index is 1.77. The molecule has 0 spiro atoms. The van der Waals surface area contributed by atoms with Gasteiger partial charge in [0.15, 0.2) is 11.5 Å². The fourth-order valence-corrected chi connectivity index (χ4v) is 2.64. The summed E-state index contributed by atoms with van der Waals surface area (Å²) in [6.45, 7) is 0.367. The number of hydrogen-bond acceptors (Lipinski definition) is 5. The summed E-state index contributed by atoms with van der Waals surface area (Å²) in [5.74, 6) is 1.32. The second-order valence-corrected chi connectivity index (χ2v) is 5.52. The average Bonchev–Trinajstić information content (AvgIpc) is 3.21. The molecule has 0 fully saturated rings. The molecule has 0 atom stereocenters. The molecule has 0 saturated carbocycles. The fraction of sp³-hybridized carbons (Fsp3) is 0.125. The van der Waals surface area contributed by atoms with Gasteiger partial charge in [-0.2, -0.15) is 5.26 Å². The zero-order valence-electron chi connectivity index (χ0n) is 11.8. The fourth-order valence-electron chi connectivity index (χ4n) is 2.06. The third kappa shape index (κ3) is 3.38. The van der Waals surface area contributed by atoms with Crippen LogP contribution in [0.1, 0.15) is 11.3 Å². The van der Waals surface area contributed by atoms with Gasteiger partial charge in [-0.1, -0.05) is 0 Å². The van der Waals surface area contributed by atoms with E-state index in [2.05, 4.69) is 21.2 Å². The maximum absolute atomic E-state index is 12.1. The lowest BCUT2D eigenvalue weighted by Crippen LogP contribution is -2.23. The van der Waals surface area contributed by atoms with Gasteiger partial charge in [0.2, 0.25) is 6.79 Å². The number of fused-ring (bicyclic) bond motifs is 1. The Hall–Kier alpha value is -2.72. The number of nitrogens with zero attached hydrogens (tertiary/aromatic N) is 1. The molecule has 23 heavy (non-hydrogen) atoms. The second-order valence-electron chi connectivity index (χ2n) is 4.67. The lowest BCUT2D eigenvalue weighted by Gasteiger charge is -2.04. The first kappa shape index (κ1) is 15.2. The van der Waals surface area contributed by atoms with Crippen LogP contribution in [-0.4, -0.2) is 12.7 Å². The van der Waals surface area contributed by atoms with Gasteiger partial charge in [-0.05, 0) is 51.8 Å². The number of halogens is 1. The lowest BCUT2D eigenvalue weighted by molar-refractivity contribution is -0.117. The van der Waals surface area contributed by atoms with Gasteiger partial charge in [0.25, 0.3) is 5.91 Å². The van der Waals surface area contributed by atoms with Gasteiger partial charge in [0, 0.05) is 0 Å². The smallest absolute Gasteiger partial charge is 0.262 e. The van der Waals surface area contributed by atoms with Crippen LogP contribution in [0.3, 0.4) is 0 Å². The van der Waals surface area contributed by atoms with E-state index < -0.39 is 5.91 Å². The number of nitriles is 1. The van der Waals surface area contributed by atoms with Crippen molar-refractivity contribution in [2.24, 2.45) is 0 Å². The number of carbonyl (C=O) groups is 1. The van der Waals surface area contributed by atoms with Gasteiger partial charge in [-0.3, -0.25) is 4.79 Å². The van der Waals surface area contributed by atoms with Crippen LogP contribution in [0.25, 0.3) is 6.08 Å². The standard InChI is InChI=1S/C16H11BrN2O4/c17-13-5-10(6-14-15(13)23-9-22-14)4-11(7-18)16(20)19-8-12-2-1-3-21-12/h1-6H,8-9H2,(H,19,20)/b11-4+. The molecule has 1 aromatic carbocycles. The summed E-state index contributed by atoms with van der Waals surface area (Å²) in [6.07, 6.45) is 3.01. The van der Waals surface area contributed by atoms with Crippen LogP contribution in [0.15, 0.2) is 45.0 Å². The summed E-state index contributed by atoms with van der Waals surface area (Å²) in [5, 5.41) is 11.8. The van der Waals surface area contributed by atoms with Gasteiger partial charge in [-0.15, -0.1) is 0 Å². The Morgan fingerprint density at radius 2 is 2.30 bits per heavy atom. The van der Waals surface area contributed by atoms with Crippen molar-refractivity contribution in [3.05, 3.63) is 51.9 Å². The van der Waals surface area contributed by atoms with E-state index in [1.807, 2.05) is 6.07 Å². The van der Waals surface area contributed by atoms with Crippen LogP contribution in [0, 0.1) is 11.3 Å². The molecular formula is C16H11BrN2O4. The maximum Gasteiger partial charge on any atom is 0.262 e. The minimum absolute atomic E-state index is 0.0117. The normalized spacial score (nSPS) is 12.8. The van der Waals surface area contributed by atoms with E-state index in [0.717, 1.165) is 0 Å². The van der Waals surface area contributed by atoms with Gasteiger partial charge in [0.1, 0.15) is 17.4 Å². The molecule has 1 aliphatic heterocycles. The van der Waals surface area contributed by atoms with E-state index in [-0.39, 0.29) is 18.9 Å². The number of hydrogen-bond donors (Lipinski definition) is 1. The van der Waals surface area contributed by atoms with Crippen LogP contribution in [-0.2, 0) is 11.3 Å². The van der Waals surface area contributed by atoms with E-state index in [0.29, 0.717) is 27.3 Å². The predicted octanol–water partition coefficient (Wildman–Crippen LogP) is 2.99. The molecule has 6 nitrogen and oxygen atoms in total. The molecule has 116 valence electrons. The molecule has 3 rings (SSSR count). The van der Waals surface area contributed by atoms with Crippen LogP contribution >= 0.6 is 15.9 Å². The highest BCUT2D eigenvalue weighted by Gasteiger charge is 2.18. The molecule has 2 aromatic rings. The summed E-state index contributed by atoms with van der Waals surface area (Å²) >= 11 is 3.37. The topological polar surface area (TPSA) is 84.5 Å². The molecule has 0 saturated heterocycles. The molecule has 0 aliphatic carbocycles. The van der Waals surface area contributed by atoms with E-state index in [4.69, 9.17) is 13.9 Å². The average molecular weight is 375 g/mol. The van der Waals surface area contributed by atoms with Crippen LogP contribution in [0.4, 0.5) is 0 Å². The van der Waals surface area contributed by atoms with Crippen molar-refractivity contribution in [2.45, 2.75) is 6.54 Å². The number of furan rings is 1. The zero-order chi connectivity index (χ0) is 16.2. The molecule has 0 radical (unpaired) electrons. The van der Waals surface area contributed by atoms with Crippen molar-refractivity contribution in [1.29, 1.82) is 5.26 Å². The first-order valence-electron chi connectivity index (χ1n) is 6.69. The van der Waals surface area contributed by atoms with Crippen LogP contribution in [0.5, 0.6) is 11.5 Å². The van der Waals surface area contributed by atoms with Crippen molar-refractivity contribution in [1.82, 2.24) is 5.32 Å². The minimum Gasteiger partial charge on any atom is -0.467 e. The monoisotopic (exact) mass is 374 g/mol. The molecule has 0 unspecified atom stereocenters. The predicted molar refractivity (Wildman–Crippen MR) is 84.4 cm³/mol. The molecule has 1 aliphatic rings. The van der Waals surface area contributed by atoms with Gasteiger partial charge < -0.3 is 19.2 Å². The number of carbonyl (C=O) groups excluding carboxylic acids is 1. The summed E-state index contributed by atoms with van der Waals surface area (Å²) in [5.41, 5.74) is 0.646. The Morgan fingerprint density at radius 1 is 1.43 bits per heavy atom. The Labute approximate surface area is 140 Å². The van der Waals surface area contributed by atoms with Crippen molar-refractivity contribution in [3.8, 4) is 17.6 Å². The molecule has 2 heterocycles. The molecule has 7 heteroatoms. The maximum atomic E-state index is 12.1. The summed E-state index contributed by atoms with van der Waals surface area (Å²) in [4.78, 5) is 12.1. The summed E-state index contributed by atoms with van der Waals surface area (Å²) < 4.78 is 16.4. The van der Waals surface area contributed by atoms with Crippen LogP contribution < -0.4 is 14.8 Å². The highest BCUT2D eigenvalue weighted by Crippen LogP contribution is 2.40. The molecular weight excluding hydrogens is 364 g/mol. The van der Waals surface area contributed by atoms with Gasteiger partial charge in [-0.25, -0.2) is 0 Å².